The quantitative estimate of drug-likeness (QED) is 0.409. The van der Waals surface area contributed by atoms with Crippen molar-refractivity contribution in [1.82, 2.24) is 10.2 Å². The van der Waals surface area contributed by atoms with Crippen LogP contribution in [0.15, 0.2) is 66.7 Å². The first-order valence-corrected chi connectivity index (χ1v) is 11.7. The third kappa shape index (κ3) is 5.26. The standard InChI is InChI=1S/C24H21Cl4N3O/c25-18-7-5-16(6-8-18)23-15-30(24(32)29-14-17-3-1-2-4-20(17)27)11-12-31(23)22-10-9-19(26)13-21(22)28/h1-10,13,23H,11-12,14-15H2,(H,29,32). The first-order valence-electron chi connectivity index (χ1n) is 10.2. The average molecular weight is 509 g/mol. The number of nitrogens with one attached hydrogen (secondary N) is 1. The van der Waals surface area contributed by atoms with Gasteiger partial charge in [0.1, 0.15) is 0 Å². The Morgan fingerprint density at radius 2 is 1.59 bits per heavy atom. The lowest BCUT2D eigenvalue weighted by molar-refractivity contribution is 0.184. The van der Waals surface area contributed by atoms with Crippen molar-refractivity contribution in [2.24, 2.45) is 0 Å². The van der Waals surface area contributed by atoms with Crippen LogP contribution in [0.4, 0.5) is 10.5 Å². The van der Waals surface area contributed by atoms with Crippen molar-refractivity contribution in [3.05, 3.63) is 97.9 Å². The first-order chi connectivity index (χ1) is 15.4. The Kier molecular flexibility index (Phi) is 7.37. The van der Waals surface area contributed by atoms with Gasteiger partial charge >= 0.3 is 6.03 Å². The molecule has 2 amide bonds. The summed E-state index contributed by atoms with van der Waals surface area (Å²) in [6, 6.07) is 20.4. The molecule has 1 saturated heterocycles. The number of hydrogen-bond donors (Lipinski definition) is 1. The molecular formula is C24H21Cl4N3O. The predicted octanol–water partition coefficient (Wildman–Crippen LogP) is 7.07. The summed E-state index contributed by atoms with van der Waals surface area (Å²) >= 11 is 24.9. The smallest absolute Gasteiger partial charge is 0.317 e. The number of carbonyl (C=O) groups is 1. The molecule has 3 aromatic rings. The highest BCUT2D eigenvalue weighted by atomic mass is 35.5. The molecule has 0 aromatic heterocycles. The number of benzene rings is 3. The van der Waals surface area contributed by atoms with Gasteiger partial charge in [-0.1, -0.05) is 76.7 Å². The van der Waals surface area contributed by atoms with Crippen LogP contribution in [0.5, 0.6) is 0 Å². The number of halogens is 4. The second-order valence-electron chi connectivity index (χ2n) is 7.55. The van der Waals surface area contributed by atoms with Gasteiger partial charge in [-0.05, 0) is 47.5 Å². The van der Waals surface area contributed by atoms with Crippen molar-refractivity contribution in [3.63, 3.8) is 0 Å². The summed E-state index contributed by atoms with van der Waals surface area (Å²) in [5.41, 5.74) is 2.81. The van der Waals surface area contributed by atoms with E-state index in [1.165, 1.54) is 0 Å². The summed E-state index contributed by atoms with van der Waals surface area (Å²) in [7, 11) is 0. The van der Waals surface area contributed by atoms with Gasteiger partial charge in [0, 0.05) is 41.2 Å². The van der Waals surface area contributed by atoms with Gasteiger partial charge < -0.3 is 15.1 Å². The second kappa shape index (κ2) is 10.2. The van der Waals surface area contributed by atoms with E-state index in [2.05, 4.69) is 10.2 Å². The van der Waals surface area contributed by atoms with E-state index in [0.717, 1.165) is 16.8 Å². The van der Waals surface area contributed by atoms with Crippen molar-refractivity contribution in [3.8, 4) is 0 Å². The molecular weight excluding hydrogens is 488 g/mol. The van der Waals surface area contributed by atoms with Crippen molar-refractivity contribution in [1.29, 1.82) is 0 Å². The number of amides is 2. The molecule has 1 atom stereocenters. The van der Waals surface area contributed by atoms with Crippen molar-refractivity contribution in [2.45, 2.75) is 12.6 Å². The number of nitrogens with zero attached hydrogens (tertiary/aromatic N) is 2. The molecule has 1 heterocycles. The van der Waals surface area contributed by atoms with Crippen molar-refractivity contribution < 1.29 is 4.79 Å². The Labute approximate surface area is 207 Å². The number of urea groups is 1. The van der Waals surface area contributed by atoms with Crippen LogP contribution in [0.2, 0.25) is 20.1 Å². The fourth-order valence-corrected chi connectivity index (χ4v) is 4.71. The zero-order valence-corrected chi connectivity index (χ0v) is 20.1. The number of rotatable bonds is 4. The van der Waals surface area contributed by atoms with E-state index in [9.17, 15) is 4.79 Å². The van der Waals surface area contributed by atoms with Crippen LogP contribution in [0, 0.1) is 0 Å². The van der Waals surface area contributed by atoms with Crippen LogP contribution in [0.1, 0.15) is 17.2 Å². The molecule has 8 heteroatoms. The van der Waals surface area contributed by atoms with Gasteiger partial charge in [0.25, 0.3) is 0 Å². The van der Waals surface area contributed by atoms with Gasteiger partial charge in [-0.15, -0.1) is 0 Å². The molecule has 4 rings (SSSR count). The molecule has 1 aliphatic rings. The van der Waals surface area contributed by atoms with E-state index >= 15 is 0 Å². The minimum Gasteiger partial charge on any atom is -0.360 e. The molecule has 4 nitrogen and oxygen atoms in total. The number of anilines is 1. The van der Waals surface area contributed by atoms with Crippen LogP contribution in [0.3, 0.4) is 0 Å². The molecule has 1 unspecified atom stereocenters. The summed E-state index contributed by atoms with van der Waals surface area (Å²) < 4.78 is 0. The third-order valence-electron chi connectivity index (χ3n) is 5.53. The molecule has 0 saturated carbocycles. The SMILES string of the molecule is O=C(NCc1ccccc1Cl)N1CCN(c2ccc(Cl)cc2Cl)C(c2ccc(Cl)cc2)C1. The zero-order valence-electron chi connectivity index (χ0n) is 17.1. The molecule has 166 valence electrons. The molecule has 32 heavy (non-hydrogen) atoms. The molecule has 0 radical (unpaired) electrons. The molecule has 0 bridgehead atoms. The fourth-order valence-electron chi connectivity index (χ4n) is 3.86. The van der Waals surface area contributed by atoms with Crippen LogP contribution in [-0.4, -0.2) is 30.6 Å². The minimum absolute atomic E-state index is 0.0919. The van der Waals surface area contributed by atoms with Gasteiger partial charge in [0.05, 0.1) is 16.8 Å². The van der Waals surface area contributed by atoms with Crippen LogP contribution in [-0.2, 0) is 6.54 Å². The summed E-state index contributed by atoms with van der Waals surface area (Å²) in [5, 5.41) is 5.44. The lowest BCUT2D eigenvalue weighted by atomic mass is 10.0. The molecule has 3 aromatic carbocycles. The molecule has 1 aliphatic heterocycles. The highest BCUT2D eigenvalue weighted by molar-refractivity contribution is 6.36. The predicted molar refractivity (Wildman–Crippen MR) is 133 cm³/mol. The Morgan fingerprint density at radius 1 is 0.875 bits per heavy atom. The van der Waals surface area contributed by atoms with E-state index in [1.54, 1.807) is 6.07 Å². The van der Waals surface area contributed by atoms with Gasteiger partial charge in [-0.25, -0.2) is 4.79 Å². The van der Waals surface area contributed by atoms with E-state index < -0.39 is 0 Å². The highest BCUT2D eigenvalue weighted by Crippen LogP contribution is 2.36. The highest BCUT2D eigenvalue weighted by Gasteiger charge is 2.32. The number of carbonyl (C=O) groups excluding carboxylic acids is 1. The maximum absolute atomic E-state index is 13.0. The molecule has 0 aliphatic carbocycles. The van der Waals surface area contributed by atoms with Gasteiger partial charge in [0.15, 0.2) is 0 Å². The fraction of sp³-hybridized carbons (Fsp3) is 0.208. The zero-order chi connectivity index (χ0) is 22.7. The van der Waals surface area contributed by atoms with Gasteiger partial charge in [-0.3, -0.25) is 0 Å². The maximum Gasteiger partial charge on any atom is 0.317 e. The first kappa shape index (κ1) is 23.1. The summed E-state index contributed by atoms with van der Waals surface area (Å²) in [5.74, 6) is 0. The lowest BCUT2D eigenvalue weighted by Gasteiger charge is -2.43. The summed E-state index contributed by atoms with van der Waals surface area (Å²) in [6.45, 7) is 2.04. The largest absolute Gasteiger partial charge is 0.360 e. The van der Waals surface area contributed by atoms with Crippen molar-refractivity contribution in [2.75, 3.05) is 24.5 Å². The number of piperazine rings is 1. The third-order valence-corrected chi connectivity index (χ3v) is 6.69. The van der Waals surface area contributed by atoms with Crippen molar-refractivity contribution >= 4 is 58.1 Å². The van der Waals surface area contributed by atoms with Crippen LogP contribution < -0.4 is 10.2 Å². The summed E-state index contributed by atoms with van der Waals surface area (Å²) in [6.07, 6.45) is 0. The molecule has 1 N–H and O–H groups in total. The minimum atomic E-state index is -0.134. The Morgan fingerprint density at radius 3 is 2.31 bits per heavy atom. The van der Waals surface area contributed by atoms with Crippen LogP contribution >= 0.6 is 46.4 Å². The average Bonchev–Trinajstić information content (AvgIpc) is 2.79. The Balaban J connectivity index is 1.55. The van der Waals surface area contributed by atoms with E-state index in [1.807, 2.05) is 65.6 Å². The normalized spacial score (nSPS) is 16.2. The van der Waals surface area contributed by atoms with Gasteiger partial charge in [-0.2, -0.15) is 0 Å². The second-order valence-corrected chi connectivity index (χ2v) is 9.24. The van der Waals surface area contributed by atoms with Crippen LogP contribution in [0.25, 0.3) is 0 Å². The monoisotopic (exact) mass is 507 g/mol. The topological polar surface area (TPSA) is 35.6 Å². The molecule has 1 fully saturated rings. The maximum atomic E-state index is 13.0. The lowest BCUT2D eigenvalue weighted by Crippen LogP contribution is -2.53. The Hall–Kier alpha value is -2.11. The molecule has 0 spiro atoms. The van der Waals surface area contributed by atoms with E-state index in [0.29, 0.717) is 46.3 Å². The Bertz CT molecular complexity index is 1110. The van der Waals surface area contributed by atoms with Gasteiger partial charge in [0.2, 0.25) is 0 Å². The van der Waals surface area contributed by atoms with E-state index in [4.69, 9.17) is 46.4 Å². The number of hydrogen-bond acceptors (Lipinski definition) is 2. The van der Waals surface area contributed by atoms with E-state index in [-0.39, 0.29) is 12.1 Å². The summed E-state index contributed by atoms with van der Waals surface area (Å²) in [4.78, 5) is 17.0.